The molecule has 3 heteroatoms. The lowest BCUT2D eigenvalue weighted by Gasteiger charge is -1.96. The molecule has 1 amide bonds. The first-order valence-electron chi connectivity index (χ1n) is 3.70. The Labute approximate surface area is 67.1 Å². The molecule has 10 heavy (non-hydrogen) atoms. The van der Waals surface area contributed by atoms with Crippen LogP contribution < -0.4 is 4.84 Å². The van der Waals surface area contributed by atoms with Gasteiger partial charge in [0.2, 0.25) is 5.91 Å². The lowest BCUT2D eigenvalue weighted by atomic mass is 10.1. The van der Waals surface area contributed by atoms with Crippen LogP contribution in [0.15, 0.2) is 0 Å². The highest BCUT2D eigenvalue weighted by Gasteiger charge is 1.96. The molecule has 0 rings (SSSR count). The Bertz CT molecular complexity index is 95.6. The third-order valence-electron chi connectivity index (χ3n) is 1.36. The molecule has 0 spiro atoms. The van der Waals surface area contributed by atoms with Crippen molar-refractivity contribution in [1.82, 2.24) is 4.84 Å². The summed E-state index contributed by atoms with van der Waals surface area (Å²) in [5, 5.41) is 0. The van der Waals surface area contributed by atoms with Crippen molar-refractivity contribution in [2.45, 2.75) is 39.0 Å². The molecule has 0 atom stereocenters. The first kappa shape index (κ1) is 9.76. The van der Waals surface area contributed by atoms with Gasteiger partial charge in [0.05, 0.1) is 0 Å². The first-order valence-corrected chi connectivity index (χ1v) is 4.08. The Morgan fingerprint density at radius 3 is 2.60 bits per heavy atom. The van der Waals surface area contributed by atoms with Crippen LogP contribution in [0, 0.1) is 0 Å². The summed E-state index contributed by atoms with van der Waals surface area (Å²) in [6.07, 6.45) is 5.04. The van der Waals surface area contributed by atoms with E-state index in [0.29, 0.717) is 6.42 Å². The van der Waals surface area contributed by atoms with Crippen molar-refractivity contribution in [3.63, 3.8) is 0 Å². The van der Waals surface area contributed by atoms with Crippen molar-refractivity contribution >= 4 is 17.7 Å². The minimum absolute atomic E-state index is 0.0715. The van der Waals surface area contributed by atoms with Crippen molar-refractivity contribution in [2.75, 3.05) is 0 Å². The van der Waals surface area contributed by atoms with E-state index in [1.54, 1.807) is 0 Å². The lowest BCUT2D eigenvalue weighted by molar-refractivity contribution is -0.119. The predicted molar refractivity (Wildman–Crippen MR) is 42.8 cm³/mol. The summed E-state index contributed by atoms with van der Waals surface area (Å²) in [6.45, 7) is 2.14. The molecular weight excluding hydrogens is 150 g/mol. The first-order chi connectivity index (χ1) is 4.81. The molecule has 0 aromatic carbocycles. The standard InChI is InChI=1S/C7H14ClNO/c1-2-3-4-5-6-7(10)9-8/h2-6H2,1H3,(H,9,10). The Balaban J connectivity index is 2.96. The maximum Gasteiger partial charge on any atom is 0.234 e. The second-order valence-electron chi connectivity index (χ2n) is 2.33. The average Bonchev–Trinajstić information content (AvgIpc) is 1.98. The van der Waals surface area contributed by atoms with E-state index in [4.69, 9.17) is 11.8 Å². The zero-order valence-corrected chi connectivity index (χ0v) is 7.08. The summed E-state index contributed by atoms with van der Waals surface area (Å²) in [5.41, 5.74) is 0. The van der Waals surface area contributed by atoms with Crippen molar-refractivity contribution in [1.29, 1.82) is 0 Å². The zero-order chi connectivity index (χ0) is 7.82. The number of nitrogens with one attached hydrogen (secondary N) is 1. The summed E-state index contributed by atoms with van der Waals surface area (Å²) in [7, 11) is 0. The van der Waals surface area contributed by atoms with Gasteiger partial charge < -0.3 is 0 Å². The highest BCUT2D eigenvalue weighted by molar-refractivity contribution is 6.21. The molecule has 1 N–H and O–H groups in total. The van der Waals surface area contributed by atoms with Gasteiger partial charge in [-0.3, -0.25) is 9.63 Å². The van der Waals surface area contributed by atoms with E-state index < -0.39 is 0 Å². The molecule has 0 saturated heterocycles. The lowest BCUT2D eigenvalue weighted by Crippen LogP contribution is -2.10. The monoisotopic (exact) mass is 163 g/mol. The number of hydrogen-bond acceptors (Lipinski definition) is 1. The molecule has 0 unspecified atom stereocenters. The van der Waals surface area contributed by atoms with E-state index in [1.807, 2.05) is 0 Å². The zero-order valence-electron chi connectivity index (χ0n) is 6.32. The van der Waals surface area contributed by atoms with Crippen molar-refractivity contribution in [2.24, 2.45) is 0 Å². The van der Waals surface area contributed by atoms with Crippen LogP contribution in [0.4, 0.5) is 0 Å². The van der Waals surface area contributed by atoms with Crippen LogP contribution in [-0.2, 0) is 4.79 Å². The Morgan fingerprint density at radius 2 is 2.10 bits per heavy atom. The maximum atomic E-state index is 10.5. The molecule has 0 aliphatic heterocycles. The Morgan fingerprint density at radius 1 is 1.40 bits per heavy atom. The molecule has 0 aliphatic carbocycles. The van der Waals surface area contributed by atoms with Gasteiger partial charge in [-0.2, -0.15) is 0 Å². The highest BCUT2D eigenvalue weighted by atomic mass is 35.5. The van der Waals surface area contributed by atoms with Crippen LogP contribution in [0.2, 0.25) is 0 Å². The van der Waals surface area contributed by atoms with Gasteiger partial charge in [-0.15, -0.1) is 0 Å². The van der Waals surface area contributed by atoms with Gasteiger partial charge in [-0.1, -0.05) is 26.2 Å². The fourth-order valence-corrected chi connectivity index (χ4v) is 0.854. The summed E-state index contributed by atoms with van der Waals surface area (Å²) in [5.74, 6) is -0.0715. The molecule has 0 saturated carbocycles. The Hall–Kier alpha value is -0.240. The second-order valence-corrected chi connectivity index (χ2v) is 2.52. The van der Waals surface area contributed by atoms with E-state index in [0.717, 1.165) is 12.8 Å². The predicted octanol–water partition coefficient (Wildman–Crippen LogP) is 2.23. The quantitative estimate of drug-likeness (QED) is 0.489. The molecule has 0 radical (unpaired) electrons. The van der Waals surface area contributed by atoms with Gasteiger partial charge in [0.1, 0.15) is 0 Å². The van der Waals surface area contributed by atoms with Crippen molar-refractivity contribution in [3.8, 4) is 0 Å². The average molecular weight is 164 g/mol. The molecular formula is C7H14ClNO. The van der Waals surface area contributed by atoms with Gasteiger partial charge in [0.15, 0.2) is 0 Å². The van der Waals surface area contributed by atoms with Crippen LogP contribution in [0.1, 0.15) is 39.0 Å². The van der Waals surface area contributed by atoms with Gasteiger partial charge in [-0.05, 0) is 6.42 Å². The second kappa shape index (κ2) is 6.87. The number of rotatable bonds is 5. The number of carbonyl (C=O) groups is 1. The largest absolute Gasteiger partial charge is 0.274 e. The maximum absolute atomic E-state index is 10.5. The molecule has 0 aromatic heterocycles. The molecule has 60 valence electrons. The number of amides is 1. The number of halogens is 1. The van der Waals surface area contributed by atoms with Crippen LogP contribution in [0.3, 0.4) is 0 Å². The highest BCUT2D eigenvalue weighted by Crippen LogP contribution is 2.01. The number of carbonyl (C=O) groups excluding carboxylic acids is 1. The number of hydrogen-bond donors (Lipinski definition) is 1. The van der Waals surface area contributed by atoms with Crippen LogP contribution in [0.5, 0.6) is 0 Å². The molecule has 0 bridgehead atoms. The van der Waals surface area contributed by atoms with Gasteiger partial charge in [0.25, 0.3) is 0 Å². The van der Waals surface area contributed by atoms with Crippen LogP contribution >= 0.6 is 11.8 Å². The van der Waals surface area contributed by atoms with Crippen molar-refractivity contribution in [3.05, 3.63) is 0 Å². The Kier molecular flexibility index (Phi) is 6.71. The fourth-order valence-electron chi connectivity index (χ4n) is 0.760. The van der Waals surface area contributed by atoms with E-state index >= 15 is 0 Å². The molecule has 2 nitrogen and oxygen atoms in total. The van der Waals surface area contributed by atoms with E-state index in [-0.39, 0.29) is 5.91 Å². The smallest absolute Gasteiger partial charge is 0.234 e. The summed E-state index contributed by atoms with van der Waals surface area (Å²) >= 11 is 5.07. The SMILES string of the molecule is CCCCCCC(=O)NCl. The minimum atomic E-state index is -0.0715. The summed E-state index contributed by atoms with van der Waals surface area (Å²) in [4.78, 5) is 12.6. The molecule has 0 fully saturated rings. The molecule has 0 aliphatic rings. The molecule has 0 heterocycles. The van der Waals surface area contributed by atoms with Gasteiger partial charge >= 0.3 is 0 Å². The minimum Gasteiger partial charge on any atom is -0.274 e. The van der Waals surface area contributed by atoms with Crippen LogP contribution in [0.25, 0.3) is 0 Å². The third kappa shape index (κ3) is 5.89. The van der Waals surface area contributed by atoms with E-state index in [9.17, 15) is 4.79 Å². The topological polar surface area (TPSA) is 29.1 Å². The third-order valence-corrected chi connectivity index (χ3v) is 1.57. The van der Waals surface area contributed by atoms with E-state index in [2.05, 4.69) is 11.8 Å². The van der Waals surface area contributed by atoms with Gasteiger partial charge in [-0.25, -0.2) is 0 Å². The van der Waals surface area contributed by atoms with Crippen LogP contribution in [-0.4, -0.2) is 5.91 Å². The van der Waals surface area contributed by atoms with Crippen molar-refractivity contribution < 1.29 is 4.79 Å². The number of unbranched alkanes of at least 4 members (excludes halogenated alkanes) is 3. The van der Waals surface area contributed by atoms with E-state index in [1.165, 1.54) is 12.8 Å². The summed E-state index contributed by atoms with van der Waals surface area (Å²) < 4.78 is 0. The fraction of sp³-hybridized carbons (Fsp3) is 0.857. The summed E-state index contributed by atoms with van der Waals surface area (Å²) in [6, 6.07) is 0. The molecule has 0 aromatic rings. The van der Waals surface area contributed by atoms with Gasteiger partial charge in [0, 0.05) is 18.2 Å². The normalized spacial score (nSPS) is 9.40.